The van der Waals surface area contributed by atoms with Gasteiger partial charge in [-0.05, 0) is 43.9 Å². The monoisotopic (exact) mass is 558 g/mol. The number of likely N-dealkylation sites (tertiary alicyclic amines) is 1. The van der Waals surface area contributed by atoms with E-state index in [2.05, 4.69) is 29.3 Å². The largest absolute Gasteiger partial charge is 0.497 e. The fourth-order valence-electron chi connectivity index (χ4n) is 4.91. The van der Waals surface area contributed by atoms with E-state index in [4.69, 9.17) is 14.5 Å². The molecule has 1 heterocycles. The van der Waals surface area contributed by atoms with Gasteiger partial charge in [0.1, 0.15) is 11.5 Å². The summed E-state index contributed by atoms with van der Waals surface area (Å²) in [7, 11) is 7.07. The third-order valence-electron chi connectivity index (χ3n) is 6.62. The predicted molar refractivity (Wildman–Crippen MR) is 139 cm³/mol. The number of aliphatic imine (C=N–C) groups is 1. The number of nitrogens with one attached hydrogen (secondary N) is 1. The number of carbonyl (C=O) groups excluding carboxylic acids is 1. The van der Waals surface area contributed by atoms with Gasteiger partial charge in [0.05, 0.1) is 26.2 Å². The van der Waals surface area contributed by atoms with E-state index in [9.17, 15) is 4.79 Å². The molecule has 0 radical (unpaired) electrons. The van der Waals surface area contributed by atoms with Gasteiger partial charge in [0.15, 0.2) is 5.96 Å². The molecule has 7 nitrogen and oxygen atoms in total. The van der Waals surface area contributed by atoms with Gasteiger partial charge in [-0.1, -0.05) is 12.8 Å². The number of nitrogens with zero attached hydrogens (tertiary/aromatic N) is 3. The number of hydrogen-bond donors (Lipinski definition) is 1. The molecule has 1 unspecified atom stereocenters. The number of guanidine groups is 1. The Balaban J connectivity index is 0.00000363. The lowest BCUT2D eigenvalue weighted by atomic mass is 9.85. The highest BCUT2D eigenvalue weighted by molar-refractivity contribution is 14.0. The normalized spacial score (nSPS) is 20.0. The zero-order valence-corrected chi connectivity index (χ0v) is 22.5. The Morgan fingerprint density at radius 1 is 1.19 bits per heavy atom. The van der Waals surface area contributed by atoms with Crippen molar-refractivity contribution in [3.8, 4) is 11.5 Å². The molecule has 1 aliphatic heterocycles. The molecule has 0 bridgehead atoms. The number of halogens is 1. The first-order chi connectivity index (χ1) is 14.9. The quantitative estimate of drug-likeness (QED) is 0.314. The lowest BCUT2D eigenvalue weighted by Crippen LogP contribution is -2.44. The molecule has 8 heteroatoms. The molecule has 2 fully saturated rings. The minimum Gasteiger partial charge on any atom is -0.497 e. The van der Waals surface area contributed by atoms with Crippen molar-refractivity contribution >= 4 is 35.8 Å². The summed E-state index contributed by atoms with van der Waals surface area (Å²) in [5.74, 6) is 3.15. The molecule has 1 amide bonds. The highest BCUT2D eigenvalue weighted by Crippen LogP contribution is 2.40. The zero-order chi connectivity index (χ0) is 22.4. The molecule has 1 aliphatic carbocycles. The van der Waals surface area contributed by atoms with Crippen LogP contribution in [0.1, 0.15) is 50.5 Å². The smallest absolute Gasteiger partial charge is 0.230 e. The maximum absolute atomic E-state index is 12.9. The van der Waals surface area contributed by atoms with E-state index in [1.165, 1.54) is 5.56 Å². The number of carbonyl (C=O) groups is 1. The molecule has 0 aromatic heterocycles. The lowest BCUT2D eigenvalue weighted by molar-refractivity contribution is -0.138. The van der Waals surface area contributed by atoms with Crippen LogP contribution in [0.4, 0.5) is 0 Å². The summed E-state index contributed by atoms with van der Waals surface area (Å²) in [5.41, 5.74) is 0.883. The summed E-state index contributed by atoms with van der Waals surface area (Å²) in [6.07, 6.45) is 5.12. The highest BCUT2D eigenvalue weighted by Gasteiger charge is 2.42. The molecule has 1 saturated carbocycles. The molecular formula is C24H39IN4O3. The zero-order valence-electron chi connectivity index (χ0n) is 20.1. The van der Waals surface area contributed by atoms with Crippen molar-refractivity contribution in [1.82, 2.24) is 15.1 Å². The second kappa shape index (κ2) is 12.0. The molecular weight excluding hydrogens is 519 g/mol. The van der Waals surface area contributed by atoms with Crippen molar-refractivity contribution in [2.75, 3.05) is 54.5 Å². The van der Waals surface area contributed by atoms with Crippen molar-refractivity contribution < 1.29 is 14.3 Å². The van der Waals surface area contributed by atoms with E-state index >= 15 is 0 Å². The predicted octanol–water partition coefficient (Wildman–Crippen LogP) is 3.73. The summed E-state index contributed by atoms with van der Waals surface area (Å²) >= 11 is 0. The van der Waals surface area contributed by atoms with E-state index in [0.29, 0.717) is 12.5 Å². The molecule has 1 aromatic rings. The van der Waals surface area contributed by atoms with Crippen LogP contribution in [0.25, 0.3) is 0 Å². The summed E-state index contributed by atoms with van der Waals surface area (Å²) < 4.78 is 10.9. The molecule has 3 rings (SSSR count). The molecule has 1 aromatic carbocycles. The van der Waals surface area contributed by atoms with Crippen molar-refractivity contribution in [3.63, 3.8) is 0 Å². The molecule has 0 spiro atoms. The van der Waals surface area contributed by atoms with Gasteiger partial charge in [-0.3, -0.25) is 9.79 Å². The van der Waals surface area contributed by atoms with E-state index in [1.807, 2.05) is 20.2 Å². The Bertz CT molecular complexity index is 771. The Morgan fingerprint density at radius 3 is 2.34 bits per heavy atom. The van der Waals surface area contributed by atoms with Crippen LogP contribution in [0.2, 0.25) is 0 Å². The van der Waals surface area contributed by atoms with Gasteiger partial charge in [-0.2, -0.15) is 0 Å². The highest BCUT2D eigenvalue weighted by atomic mass is 127. The number of hydrogen-bond acceptors (Lipinski definition) is 4. The second-order valence-corrected chi connectivity index (χ2v) is 8.93. The molecule has 1 atom stereocenters. The third kappa shape index (κ3) is 5.99. The van der Waals surface area contributed by atoms with Gasteiger partial charge >= 0.3 is 0 Å². The summed E-state index contributed by atoms with van der Waals surface area (Å²) in [6, 6.07) is 6.11. The maximum Gasteiger partial charge on any atom is 0.230 e. The third-order valence-corrected chi connectivity index (χ3v) is 6.62. The summed E-state index contributed by atoms with van der Waals surface area (Å²) in [5, 5.41) is 3.45. The molecule has 180 valence electrons. The molecule has 1 saturated heterocycles. The Labute approximate surface area is 209 Å². The van der Waals surface area contributed by atoms with Crippen LogP contribution in [0.3, 0.4) is 0 Å². The molecule has 1 N–H and O–H groups in total. The Morgan fingerprint density at radius 2 is 1.81 bits per heavy atom. The molecule has 2 aliphatic rings. The minimum absolute atomic E-state index is 0. The van der Waals surface area contributed by atoms with Gasteiger partial charge in [0.2, 0.25) is 5.91 Å². The second-order valence-electron chi connectivity index (χ2n) is 8.93. The number of ether oxygens (including phenoxy) is 2. The first-order valence-corrected chi connectivity index (χ1v) is 11.4. The van der Waals surface area contributed by atoms with Gasteiger partial charge in [-0.25, -0.2) is 0 Å². The van der Waals surface area contributed by atoms with Gasteiger partial charge < -0.3 is 24.6 Å². The SMILES string of the molecule is CCNC(=NCC1(C(=O)N(C)C)CCCC1)N1CCC(c2cc(OC)cc(OC)c2)C1.I. The van der Waals surface area contributed by atoms with E-state index < -0.39 is 0 Å². The average molecular weight is 559 g/mol. The number of rotatable bonds is 7. The van der Waals surface area contributed by atoms with E-state index in [-0.39, 0.29) is 35.3 Å². The van der Waals surface area contributed by atoms with E-state index in [1.54, 1.807) is 19.1 Å². The van der Waals surface area contributed by atoms with Crippen molar-refractivity contribution in [1.29, 1.82) is 0 Å². The summed E-state index contributed by atoms with van der Waals surface area (Å²) in [6.45, 7) is 5.27. The van der Waals surface area contributed by atoms with Crippen LogP contribution >= 0.6 is 24.0 Å². The summed E-state index contributed by atoms with van der Waals surface area (Å²) in [4.78, 5) is 22.0. The first kappa shape index (κ1) is 26.5. The lowest BCUT2D eigenvalue weighted by Gasteiger charge is -2.30. The van der Waals surface area contributed by atoms with E-state index in [0.717, 1.165) is 69.2 Å². The van der Waals surface area contributed by atoms with Crippen molar-refractivity contribution in [2.24, 2.45) is 10.4 Å². The number of amides is 1. The van der Waals surface area contributed by atoms with Crippen molar-refractivity contribution in [2.45, 2.75) is 44.9 Å². The topological polar surface area (TPSA) is 66.4 Å². The first-order valence-electron chi connectivity index (χ1n) is 11.4. The van der Waals surface area contributed by atoms with Crippen LogP contribution in [0, 0.1) is 5.41 Å². The fourth-order valence-corrected chi connectivity index (χ4v) is 4.91. The Hall–Kier alpha value is -1.71. The van der Waals surface area contributed by atoms with Gasteiger partial charge in [0.25, 0.3) is 0 Å². The van der Waals surface area contributed by atoms with Crippen LogP contribution < -0.4 is 14.8 Å². The van der Waals surface area contributed by atoms with Crippen LogP contribution in [-0.4, -0.2) is 76.2 Å². The van der Waals surface area contributed by atoms with Gasteiger partial charge in [-0.15, -0.1) is 24.0 Å². The standard InChI is InChI=1S/C24H38N4O3.HI/c1-6-25-23(26-17-24(10-7-8-11-24)22(29)27(2)3)28-12-9-18(16-28)19-13-20(30-4)15-21(14-19)31-5;/h13-15,18H,6-12,16-17H2,1-5H3,(H,25,26);1H. The Kier molecular flexibility index (Phi) is 9.91. The number of methoxy groups -OCH3 is 2. The maximum atomic E-state index is 12.9. The van der Waals surface area contributed by atoms with Gasteiger partial charge in [0, 0.05) is 45.7 Å². The van der Waals surface area contributed by atoms with Crippen LogP contribution in [0.15, 0.2) is 23.2 Å². The van der Waals surface area contributed by atoms with Crippen molar-refractivity contribution in [3.05, 3.63) is 23.8 Å². The number of benzene rings is 1. The minimum atomic E-state index is -0.344. The van der Waals surface area contributed by atoms with Crippen LogP contribution in [0.5, 0.6) is 11.5 Å². The van der Waals surface area contributed by atoms with Crippen LogP contribution in [-0.2, 0) is 4.79 Å². The average Bonchev–Trinajstić information content (AvgIpc) is 3.46. The fraction of sp³-hybridized carbons (Fsp3) is 0.667. The molecule has 32 heavy (non-hydrogen) atoms.